The van der Waals surface area contributed by atoms with Gasteiger partial charge in [0.05, 0.1) is 61.0 Å². The number of halogens is 4. The maximum atomic E-state index is 12.7. The molecule has 0 saturated carbocycles. The number of carbonyl (C=O) groups excluding carboxylic acids is 3. The van der Waals surface area contributed by atoms with E-state index in [-0.39, 0.29) is 44.8 Å². The molecule has 0 spiro atoms. The summed E-state index contributed by atoms with van der Waals surface area (Å²) in [7, 11) is -2.37. The SMILES string of the molecule is CCOC(=O)/C(Cl)=C/c1cc(N2C(=O)C3=C(CCCC3)C2=O)ccc1Cl.COc1c(Cl)ccc(Cl)c1C(=O)O.C[S+](C)C.O=C(O)CNCP(=O)([O-])O. The normalized spacial score (nSPS) is 14.8. The number of carbonyl (C=O) groups is 5. The Labute approximate surface area is 329 Å². The van der Waals surface area contributed by atoms with E-state index in [1.165, 1.54) is 30.2 Å². The fraction of sp³-hybridized carbons (Fsp3) is 0.364. The lowest BCUT2D eigenvalue weighted by Crippen LogP contribution is -2.31. The van der Waals surface area contributed by atoms with Gasteiger partial charge in [-0.2, -0.15) is 0 Å². The first-order valence-corrected chi connectivity index (χ1v) is 21.0. The van der Waals surface area contributed by atoms with Crippen LogP contribution in [0.5, 0.6) is 5.75 Å². The number of nitrogens with one attached hydrogen (secondary N) is 1. The molecule has 0 radical (unpaired) electrons. The van der Waals surface area contributed by atoms with E-state index in [4.69, 9.17) is 71.0 Å². The molecule has 20 heteroatoms. The molecule has 0 bridgehead atoms. The minimum absolute atomic E-state index is 0.0849. The Balaban J connectivity index is 0.000000433. The molecule has 1 aliphatic heterocycles. The Morgan fingerprint density at radius 2 is 1.49 bits per heavy atom. The zero-order chi connectivity index (χ0) is 40.6. The van der Waals surface area contributed by atoms with Crippen LogP contribution < -0.4 is 19.8 Å². The van der Waals surface area contributed by atoms with Crippen LogP contribution in [-0.2, 0) is 39.4 Å². The van der Waals surface area contributed by atoms with Crippen molar-refractivity contribution < 1.29 is 58.0 Å². The predicted molar refractivity (Wildman–Crippen MR) is 205 cm³/mol. The van der Waals surface area contributed by atoms with Gasteiger partial charge in [-0.1, -0.05) is 46.4 Å². The van der Waals surface area contributed by atoms with Crippen LogP contribution in [0.3, 0.4) is 0 Å². The molecule has 4 N–H and O–H groups in total. The number of methoxy groups -OCH3 is 1. The summed E-state index contributed by atoms with van der Waals surface area (Å²) in [6.45, 7) is 1.40. The molecular weight excluding hydrogens is 821 g/mol. The average molecular weight is 861 g/mol. The molecule has 53 heavy (non-hydrogen) atoms. The largest absolute Gasteiger partial charge is 0.778 e. The lowest BCUT2D eigenvalue weighted by molar-refractivity contribution is -0.193. The average Bonchev–Trinajstić information content (AvgIpc) is 3.31. The van der Waals surface area contributed by atoms with Crippen LogP contribution in [0.2, 0.25) is 15.1 Å². The Morgan fingerprint density at radius 1 is 0.981 bits per heavy atom. The first kappa shape index (κ1) is 47.9. The van der Waals surface area contributed by atoms with Crippen LogP contribution in [0.4, 0.5) is 5.69 Å². The van der Waals surface area contributed by atoms with E-state index in [0.717, 1.165) is 12.8 Å². The van der Waals surface area contributed by atoms with Crippen molar-refractivity contribution in [1.29, 1.82) is 0 Å². The van der Waals surface area contributed by atoms with Crippen molar-refractivity contribution in [2.45, 2.75) is 32.6 Å². The molecular formula is C33H39Cl4N2O12PS. The van der Waals surface area contributed by atoms with Crippen molar-refractivity contribution in [3.63, 3.8) is 0 Å². The number of ether oxygens (including phenoxy) is 2. The van der Waals surface area contributed by atoms with Gasteiger partial charge in [-0.25, -0.2) is 14.5 Å². The number of amides is 2. The van der Waals surface area contributed by atoms with Crippen LogP contribution in [0.25, 0.3) is 6.08 Å². The summed E-state index contributed by atoms with van der Waals surface area (Å²) in [5.74, 6) is -3.47. The Morgan fingerprint density at radius 3 is 1.92 bits per heavy atom. The van der Waals surface area contributed by atoms with Gasteiger partial charge in [-0.05, 0) is 85.5 Å². The summed E-state index contributed by atoms with van der Waals surface area (Å²) in [4.78, 5) is 76.7. The lowest BCUT2D eigenvalue weighted by atomic mass is 9.93. The summed E-state index contributed by atoms with van der Waals surface area (Å²) in [6.07, 6.45) is 10.3. The molecule has 2 amide bonds. The highest BCUT2D eigenvalue weighted by atomic mass is 35.5. The second-order valence-corrected chi connectivity index (χ2v) is 16.8. The van der Waals surface area contributed by atoms with E-state index in [2.05, 4.69) is 18.8 Å². The van der Waals surface area contributed by atoms with Crippen molar-refractivity contribution in [1.82, 2.24) is 5.32 Å². The van der Waals surface area contributed by atoms with Crippen LogP contribution in [0.15, 0.2) is 46.5 Å². The maximum Gasteiger partial charge on any atom is 0.349 e. The molecule has 2 aromatic carbocycles. The van der Waals surface area contributed by atoms with Gasteiger partial charge in [0.1, 0.15) is 18.2 Å². The minimum Gasteiger partial charge on any atom is -0.778 e. The summed E-state index contributed by atoms with van der Waals surface area (Å²) in [6, 6.07) is 7.63. The number of nitrogens with zero attached hydrogens (tertiary/aromatic N) is 1. The van der Waals surface area contributed by atoms with Crippen LogP contribution in [0.1, 0.15) is 48.5 Å². The molecule has 0 saturated heterocycles. The van der Waals surface area contributed by atoms with E-state index in [0.29, 0.717) is 51.2 Å². The van der Waals surface area contributed by atoms with Gasteiger partial charge >= 0.3 is 17.9 Å². The molecule has 1 heterocycles. The summed E-state index contributed by atoms with van der Waals surface area (Å²) < 4.78 is 19.6. The Kier molecular flexibility index (Phi) is 20.8. The van der Waals surface area contributed by atoms with E-state index in [1.54, 1.807) is 25.1 Å². The fourth-order valence-corrected chi connectivity index (χ4v) is 5.59. The molecule has 2 aliphatic rings. The number of aliphatic carboxylic acids is 1. The molecule has 14 nitrogen and oxygen atoms in total. The number of benzene rings is 2. The quantitative estimate of drug-likeness (QED) is 0.0755. The molecule has 292 valence electrons. The zero-order valence-electron chi connectivity index (χ0n) is 29.2. The van der Waals surface area contributed by atoms with E-state index >= 15 is 0 Å². The third-order valence-electron chi connectivity index (χ3n) is 6.45. The molecule has 0 aromatic heterocycles. The first-order chi connectivity index (χ1) is 24.7. The third-order valence-corrected chi connectivity index (χ3v) is 8.29. The van der Waals surface area contributed by atoms with Gasteiger partial charge in [-0.15, -0.1) is 0 Å². The van der Waals surface area contributed by atoms with Gasteiger partial charge in [0.15, 0.2) is 5.75 Å². The molecule has 4 rings (SSSR count). The Bertz CT molecular complexity index is 1750. The monoisotopic (exact) mass is 858 g/mol. The number of imide groups is 1. The zero-order valence-corrected chi connectivity index (χ0v) is 34.0. The van der Waals surface area contributed by atoms with Crippen molar-refractivity contribution in [3.05, 3.63) is 72.7 Å². The van der Waals surface area contributed by atoms with Crippen LogP contribution in [-0.4, -0.2) is 90.1 Å². The highest BCUT2D eigenvalue weighted by molar-refractivity contribution is 7.94. The smallest absolute Gasteiger partial charge is 0.349 e. The maximum absolute atomic E-state index is 12.7. The molecule has 1 aliphatic carbocycles. The Hall–Kier alpha value is -3.11. The summed E-state index contributed by atoms with van der Waals surface area (Å²) in [5, 5.41) is 19.3. The van der Waals surface area contributed by atoms with Crippen molar-refractivity contribution in [3.8, 4) is 5.75 Å². The van der Waals surface area contributed by atoms with Gasteiger partial charge in [0.25, 0.3) is 11.8 Å². The lowest BCUT2D eigenvalue weighted by Gasteiger charge is -2.16. The summed E-state index contributed by atoms with van der Waals surface area (Å²) in [5.41, 5.74) is 1.93. The van der Waals surface area contributed by atoms with Crippen molar-refractivity contribution in [2.24, 2.45) is 0 Å². The fourth-order valence-electron chi connectivity index (χ4n) is 4.39. The second-order valence-electron chi connectivity index (χ2n) is 11.1. The topological polar surface area (TPSA) is 220 Å². The van der Waals surface area contributed by atoms with Gasteiger partial charge < -0.3 is 34.0 Å². The number of rotatable bonds is 10. The van der Waals surface area contributed by atoms with E-state index < -0.39 is 38.3 Å². The van der Waals surface area contributed by atoms with Crippen LogP contribution in [0, 0.1) is 0 Å². The number of hydrogen-bond donors (Lipinski definition) is 4. The standard InChI is InChI=1S/C19H17Cl2NO4.C8H6Cl2O3.C3H8NO5P.C3H9S/c1-2-26-19(25)16(21)10-11-9-12(7-8-15(11)20)22-17(23)13-5-3-4-6-14(13)18(22)24;1-13-7-5(10)3-2-4(9)6(7)8(11)12;5-3(6)1-4-2-10(7,8)9;1-4(2)3/h7-10H,2-6H2,1H3;2-3H,1H3,(H,11,12);4H,1-2H2,(H,5,6)(H2,7,8,9);1-3H3/q;;;+1/p-1/b16-10-;;;. The molecule has 0 fully saturated rings. The second kappa shape index (κ2) is 23.0. The molecule has 2 aromatic rings. The summed E-state index contributed by atoms with van der Waals surface area (Å²) >= 11 is 23.5. The molecule has 1 atom stereocenters. The number of carboxylic acid groups (broad SMARTS) is 2. The van der Waals surface area contributed by atoms with Crippen molar-refractivity contribution >= 4 is 106 Å². The number of hydrogen-bond acceptors (Lipinski definition) is 10. The predicted octanol–water partition coefficient (Wildman–Crippen LogP) is 5.58. The van der Waals surface area contributed by atoms with E-state index in [9.17, 15) is 33.4 Å². The van der Waals surface area contributed by atoms with Gasteiger partial charge in [0.2, 0.25) is 0 Å². The first-order valence-electron chi connectivity index (χ1n) is 15.3. The van der Waals surface area contributed by atoms with Crippen LogP contribution >= 0.6 is 54.0 Å². The van der Waals surface area contributed by atoms with E-state index in [1.807, 2.05) is 5.32 Å². The number of esters is 1. The number of carboxylic acids is 2. The van der Waals surface area contributed by atoms with Gasteiger partial charge in [-0.3, -0.25) is 19.7 Å². The van der Waals surface area contributed by atoms with Gasteiger partial charge in [0, 0.05) is 16.2 Å². The highest BCUT2D eigenvalue weighted by Gasteiger charge is 2.39. The number of anilines is 1. The number of aromatic carboxylic acids is 1. The highest BCUT2D eigenvalue weighted by Crippen LogP contribution is 2.37. The van der Waals surface area contributed by atoms with Crippen molar-refractivity contribution in [2.75, 3.05) is 50.2 Å². The minimum atomic E-state index is -4.35. The molecule has 1 unspecified atom stereocenters. The third kappa shape index (κ3) is 16.0.